The van der Waals surface area contributed by atoms with E-state index in [0.717, 1.165) is 0 Å². The highest BCUT2D eigenvalue weighted by Gasteiger charge is 2.11. The number of benzene rings is 1. The van der Waals surface area contributed by atoms with Crippen LogP contribution < -0.4 is 10.0 Å². The minimum absolute atomic E-state index is 0.133. The van der Waals surface area contributed by atoms with Crippen molar-refractivity contribution in [3.8, 4) is 0 Å². The first-order chi connectivity index (χ1) is 9.92. The Morgan fingerprint density at radius 1 is 1.14 bits per heavy atom. The van der Waals surface area contributed by atoms with Gasteiger partial charge in [-0.1, -0.05) is 0 Å². The van der Waals surface area contributed by atoms with Crippen LogP contribution in [0.5, 0.6) is 0 Å². The maximum atomic E-state index is 12.0. The predicted molar refractivity (Wildman–Crippen MR) is 82.6 cm³/mol. The molecule has 1 heterocycles. The molecule has 2 rings (SSSR count). The lowest BCUT2D eigenvalue weighted by atomic mass is 10.2. The number of carbonyl (C=O) groups is 1. The molecule has 0 aliphatic carbocycles. The third kappa shape index (κ3) is 3.87. The molecule has 0 aliphatic rings. The fraction of sp³-hybridized carbons (Fsp3) is 0.0769. The fourth-order valence-electron chi connectivity index (χ4n) is 1.55. The monoisotopic (exact) mass is 369 g/mol. The molecule has 0 unspecified atom stereocenters. The largest absolute Gasteiger partial charge is 0.322 e. The summed E-state index contributed by atoms with van der Waals surface area (Å²) in [5, 5.41) is 2.66. The van der Waals surface area contributed by atoms with E-state index in [2.05, 4.69) is 31.0 Å². The van der Waals surface area contributed by atoms with E-state index < -0.39 is 10.0 Å². The molecule has 6 nitrogen and oxygen atoms in total. The Morgan fingerprint density at radius 3 is 2.33 bits per heavy atom. The van der Waals surface area contributed by atoms with Crippen molar-refractivity contribution in [2.24, 2.45) is 0 Å². The number of hydrogen-bond acceptors (Lipinski definition) is 4. The molecule has 0 atom stereocenters. The van der Waals surface area contributed by atoms with Gasteiger partial charge in [0.1, 0.15) is 4.60 Å². The van der Waals surface area contributed by atoms with Crippen LogP contribution >= 0.6 is 15.9 Å². The number of halogens is 1. The molecule has 1 aromatic carbocycles. The highest BCUT2D eigenvalue weighted by Crippen LogP contribution is 2.15. The van der Waals surface area contributed by atoms with Gasteiger partial charge in [0.2, 0.25) is 10.0 Å². The maximum absolute atomic E-state index is 12.0. The Kier molecular flexibility index (Phi) is 4.71. The molecule has 2 N–H and O–H groups in total. The van der Waals surface area contributed by atoms with Gasteiger partial charge in [0.05, 0.1) is 10.5 Å². The number of hydrogen-bond donors (Lipinski definition) is 2. The first-order valence-corrected chi connectivity index (χ1v) is 8.16. The van der Waals surface area contributed by atoms with Crippen molar-refractivity contribution in [1.82, 2.24) is 9.71 Å². The van der Waals surface area contributed by atoms with Gasteiger partial charge < -0.3 is 5.32 Å². The molecule has 0 saturated carbocycles. The molecular weight excluding hydrogens is 358 g/mol. The molecule has 21 heavy (non-hydrogen) atoms. The minimum Gasteiger partial charge on any atom is -0.322 e. The van der Waals surface area contributed by atoms with E-state index in [4.69, 9.17) is 0 Å². The SMILES string of the molecule is CNS(=O)(=O)c1ccc(NC(=O)c2ccc(Br)nc2)cc1. The Hall–Kier alpha value is -1.77. The Balaban J connectivity index is 2.13. The standard InChI is InChI=1S/C13H12BrN3O3S/c1-15-21(19,20)11-5-3-10(4-6-11)17-13(18)9-2-7-12(14)16-8-9/h2-8,15H,1H3,(H,17,18). The number of amides is 1. The van der Waals surface area contributed by atoms with Crippen LogP contribution in [0.4, 0.5) is 5.69 Å². The van der Waals surface area contributed by atoms with Crippen molar-refractivity contribution in [2.75, 3.05) is 12.4 Å². The second-order valence-corrected chi connectivity index (χ2v) is 6.75. The lowest BCUT2D eigenvalue weighted by Crippen LogP contribution is -2.18. The van der Waals surface area contributed by atoms with E-state index in [-0.39, 0.29) is 10.8 Å². The predicted octanol–water partition coefficient (Wildman–Crippen LogP) is 2.00. The van der Waals surface area contributed by atoms with Gasteiger partial charge in [-0.3, -0.25) is 4.79 Å². The number of sulfonamides is 1. The van der Waals surface area contributed by atoms with E-state index in [1.165, 1.54) is 37.5 Å². The molecule has 0 bridgehead atoms. The van der Waals surface area contributed by atoms with E-state index in [1.807, 2.05) is 0 Å². The molecule has 1 aromatic heterocycles. The van der Waals surface area contributed by atoms with Crippen LogP contribution in [0, 0.1) is 0 Å². The van der Waals surface area contributed by atoms with Gasteiger partial charge in [0.25, 0.3) is 5.91 Å². The Bertz CT molecular complexity index is 743. The van der Waals surface area contributed by atoms with Crippen molar-refractivity contribution in [3.05, 3.63) is 52.8 Å². The van der Waals surface area contributed by atoms with E-state index >= 15 is 0 Å². The molecule has 8 heteroatoms. The van der Waals surface area contributed by atoms with Crippen LogP contribution in [0.15, 0.2) is 52.1 Å². The number of rotatable bonds is 4. The van der Waals surface area contributed by atoms with Crippen LogP contribution in [-0.2, 0) is 10.0 Å². The zero-order valence-corrected chi connectivity index (χ0v) is 13.4. The summed E-state index contributed by atoms with van der Waals surface area (Å²) in [6.07, 6.45) is 1.44. The van der Waals surface area contributed by atoms with Gasteiger partial charge in [0.15, 0.2) is 0 Å². The zero-order valence-electron chi connectivity index (χ0n) is 11.0. The van der Waals surface area contributed by atoms with Crippen LogP contribution in [0.2, 0.25) is 0 Å². The number of pyridine rings is 1. The number of nitrogens with one attached hydrogen (secondary N) is 2. The minimum atomic E-state index is -3.48. The van der Waals surface area contributed by atoms with Gasteiger partial charge in [-0.25, -0.2) is 18.1 Å². The van der Waals surface area contributed by atoms with Crippen molar-refractivity contribution in [2.45, 2.75) is 4.90 Å². The molecule has 0 fully saturated rings. The fourth-order valence-corrected chi connectivity index (χ4v) is 2.51. The third-order valence-electron chi connectivity index (χ3n) is 2.68. The summed E-state index contributed by atoms with van der Waals surface area (Å²) < 4.78 is 26.0. The summed E-state index contributed by atoms with van der Waals surface area (Å²) in [7, 11) is -2.14. The van der Waals surface area contributed by atoms with Crippen molar-refractivity contribution >= 4 is 37.5 Å². The Labute approximate surface area is 130 Å². The number of anilines is 1. The average Bonchev–Trinajstić information content (AvgIpc) is 2.48. The summed E-state index contributed by atoms with van der Waals surface area (Å²) >= 11 is 3.19. The normalized spacial score (nSPS) is 11.1. The summed E-state index contributed by atoms with van der Waals surface area (Å²) in [6, 6.07) is 9.18. The molecule has 1 amide bonds. The smallest absolute Gasteiger partial charge is 0.257 e. The second-order valence-electron chi connectivity index (χ2n) is 4.06. The molecule has 0 saturated heterocycles. The highest BCUT2D eigenvalue weighted by atomic mass is 79.9. The first kappa shape index (κ1) is 15.6. The van der Waals surface area contributed by atoms with Crippen molar-refractivity contribution < 1.29 is 13.2 Å². The highest BCUT2D eigenvalue weighted by molar-refractivity contribution is 9.10. The Morgan fingerprint density at radius 2 is 1.81 bits per heavy atom. The van der Waals surface area contributed by atoms with Gasteiger partial charge >= 0.3 is 0 Å². The number of carbonyl (C=O) groups excluding carboxylic acids is 1. The summed E-state index contributed by atoms with van der Waals surface area (Å²) in [5.41, 5.74) is 0.906. The molecule has 0 radical (unpaired) electrons. The van der Waals surface area contributed by atoms with Gasteiger partial charge in [-0.2, -0.15) is 0 Å². The summed E-state index contributed by atoms with van der Waals surface area (Å²) in [4.78, 5) is 16.1. The van der Waals surface area contributed by atoms with E-state index in [9.17, 15) is 13.2 Å². The van der Waals surface area contributed by atoms with Crippen LogP contribution in [0.25, 0.3) is 0 Å². The van der Waals surface area contributed by atoms with Crippen molar-refractivity contribution in [1.29, 1.82) is 0 Å². The average molecular weight is 370 g/mol. The van der Waals surface area contributed by atoms with Crippen LogP contribution in [0.1, 0.15) is 10.4 Å². The lowest BCUT2D eigenvalue weighted by molar-refractivity contribution is 0.102. The molecule has 2 aromatic rings. The van der Waals surface area contributed by atoms with E-state index in [1.54, 1.807) is 12.1 Å². The number of nitrogens with zero attached hydrogens (tertiary/aromatic N) is 1. The summed E-state index contributed by atoms with van der Waals surface area (Å²) in [6.45, 7) is 0. The quantitative estimate of drug-likeness (QED) is 0.806. The zero-order chi connectivity index (χ0) is 15.5. The molecule has 0 spiro atoms. The van der Waals surface area contributed by atoms with Gasteiger partial charge in [-0.15, -0.1) is 0 Å². The third-order valence-corrected chi connectivity index (χ3v) is 4.58. The second kappa shape index (κ2) is 6.33. The lowest BCUT2D eigenvalue weighted by Gasteiger charge is -2.07. The molecular formula is C13H12BrN3O3S. The van der Waals surface area contributed by atoms with Crippen LogP contribution in [-0.4, -0.2) is 26.4 Å². The molecule has 110 valence electrons. The first-order valence-electron chi connectivity index (χ1n) is 5.89. The maximum Gasteiger partial charge on any atom is 0.257 e. The summed E-state index contributed by atoms with van der Waals surface area (Å²) in [5.74, 6) is -0.320. The van der Waals surface area contributed by atoms with Crippen molar-refractivity contribution in [3.63, 3.8) is 0 Å². The van der Waals surface area contributed by atoms with Crippen LogP contribution in [0.3, 0.4) is 0 Å². The van der Waals surface area contributed by atoms with Gasteiger partial charge in [-0.05, 0) is 59.4 Å². The van der Waals surface area contributed by atoms with Gasteiger partial charge in [0, 0.05) is 11.9 Å². The van der Waals surface area contributed by atoms with E-state index in [0.29, 0.717) is 15.9 Å². The number of aromatic nitrogens is 1. The topological polar surface area (TPSA) is 88.2 Å². The molecule has 0 aliphatic heterocycles.